The number of alkyl halides is 6. The number of halogens is 6. The minimum atomic E-state index is -4.46. The minimum absolute atomic E-state index is 0.0564. The fourth-order valence-electron chi connectivity index (χ4n) is 2.59. The quantitative estimate of drug-likeness (QED) is 0.468. The second-order valence-corrected chi connectivity index (χ2v) is 6.33. The Morgan fingerprint density at radius 1 is 0.867 bits per heavy atom. The van der Waals surface area contributed by atoms with E-state index >= 15 is 0 Å². The van der Waals surface area contributed by atoms with Crippen molar-refractivity contribution in [3.63, 3.8) is 0 Å². The van der Waals surface area contributed by atoms with E-state index in [0.29, 0.717) is 17.7 Å². The largest absolute Gasteiger partial charge is 0.439 e. The number of rotatable bonds is 5. The average Bonchev–Trinajstić information content (AvgIpc) is 2.66. The molecule has 158 valence electrons. The van der Waals surface area contributed by atoms with Crippen LogP contribution in [0.2, 0.25) is 0 Å². The summed E-state index contributed by atoms with van der Waals surface area (Å²) in [6.45, 7) is 1.82. The van der Waals surface area contributed by atoms with Gasteiger partial charge in [-0.15, -0.1) is 0 Å². The van der Waals surface area contributed by atoms with E-state index in [1.807, 2.05) is 6.92 Å². The molecule has 0 spiro atoms. The summed E-state index contributed by atoms with van der Waals surface area (Å²) in [7, 11) is 0. The molecule has 0 bridgehead atoms. The van der Waals surface area contributed by atoms with Gasteiger partial charge in [0.1, 0.15) is 5.75 Å². The molecule has 3 rings (SSSR count). The SMILES string of the molecule is CCc1cc(Oc2ccnc(CC(F)(F)F)c2)nc(-c2ccc(C(F)(F)F)cc2)n1. The lowest BCUT2D eigenvalue weighted by molar-refractivity contribution is -0.137. The van der Waals surface area contributed by atoms with Gasteiger partial charge in [0.05, 0.1) is 17.7 Å². The number of benzene rings is 1. The van der Waals surface area contributed by atoms with E-state index in [-0.39, 0.29) is 23.1 Å². The van der Waals surface area contributed by atoms with Gasteiger partial charge in [0.25, 0.3) is 0 Å². The molecule has 0 atom stereocenters. The Hall–Kier alpha value is -3.17. The maximum absolute atomic E-state index is 12.8. The zero-order chi connectivity index (χ0) is 21.9. The predicted octanol–water partition coefficient (Wildman–Crippen LogP) is 6.02. The summed E-state index contributed by atoms with van der Waals surface area (Å²) in [5.74, 6) is 0.298. The Bertz CT molecular complexity index is 1020. The number of pyridine rings is 1. The maximum Gasteiger partial charge on any atom is 0.416 e. The van der Waals surface area contributed by atoms with E-state index < -0.39 is 24.3 Å². The molecule has 0 aliphatic carbocycles. The van der Waals surface area contributed by atoms with Crippen LogP contribution in [0, 0.1) is 0 Å². The number of hydrogen-bond acceptors (Lipinski definition) is 4. The van der Waals surface area contributed by atoms with Gasteiger partial charge in [-0.3, -0.25) is 4.98 Å². The lowest BCUT2D eigenvalue weighted by Gasteiger charge is -2.11. The van der Waals surface area contributed by atoms with Gasteiger partial charge in [0, 0.05) is 29.6 Å². The van der Waals surface area contributed by atoms with Crippen LogP contribution in [-0.4, -0.2) is 21.1 Å². The van der Waals surface area contributed by atoms with Crippen LogP contribution in [0.1, 0.15) is 23.9 Å². The molecule has 3 aromatic rings. The van der Waals surface area contributed by atoms with Crippen molar-refractivity contribution in [2.75, 3.05) is 0 Å². The number of hydrogen-bond donors (Lipinski definition) is 0. The average molecular weight is 427 g/mol. The highest BCUT2D eigenvalue weighted by Crippen LogP contribution is 2.31. The highest BCUT2D eigenvalue weighted by Gasteiger charge is 2.30. The van der Waals surface area contributed by atoms with Gasteiger partial charge in [-0.25, -0.2) is 4.98 Å². The Morgan fingerprint density at radius 3 is 2.17 bits per heavy atom. The molecule has 0 fully saturated rings. The molecule has 0 unspecified atom stereocenters. The Kier molecular flexibility index (Phi) is 5.95. The van der Waals surface area contributed by atoms with E-state index in [0.717, 1.165) is 18.2 Å². The summed E-state index contributed by atoms with van der Waals surface area (Å²) in [4.78, 5) is 12.1. The Labute approximate surface area is 167 Å². The summed E-state index contributed by atoms with van der Waals surface area (Å²) in [6.07, 6.45) is -8.40. The van der Waals surface area contributed by atoms with Crippen molar-refractivity contribution >= 4 is 0 Å². The van der Waals surface area contributed by atoms with Crippen LogP contribution in [0.5, 0.6) is 11.6 Å². The van der Waals surface area contributed by atoms with Crippen molar-refractivity contribution in [3.05, 3.63) is 65.6 Å². The molecule has 1 aromatic carbocycles. The summed E-state index contributed by atoms with van der Waals surface area (Å²) in [5, 5.41) is 0. The van der Waals surface area contributed by atoms with Crippen LogP contribution >= 0.6 is 0 Å². The number of aryl methyl sites for hydroxylation is 1. The van der Waals surface area contributed by atoms with Crippen molar-refractivity contribution in [3.8, 4) is 23.0 Å². The topological polar surface area (TPSA) is 47.9 Å². The van der Waals surface area contributed by atoms with Crippen molar-refractivity contribution < 1.29 is 31.1 Å². The minimum Gasteiger partial charge on any atom is -0.439 e. The van der Waals surface area contributed by atoms with Gasteiger partial charge < -0.3 is 4.74 Å². The van der Waals surface area contributed by atoms with Gasteiger partial charge in [-0.1, -0.05) is 19.1 Å². The second kappa shape index (κ2) is 8.29. The molecule has 0 amide bonds. The monoisotopic (exact) mass is 427 g/mol. The Morgan fingerprint density at radius 2 is 1.57 bits per heavy atom. The molecule has 0 aliphatic rings. The molecule has 30 heavy (non-hydrogen) atoms. The molecule has 0 saturated carbocycles. The van der Waals surface area contributed by atoms with Crippen LogP contribution in [0.3, 0.4) is 0 Å². The van der Waals surface area contributed by atoms with Crippen molar-refractivity contribution in [1.82, 2.24) is 15.0 Å². The zero-order valence-corrected chi connectivity index (χ0v) is 15.6. The summed E-state index contributed by atoms with van der Waals surface area (Å²) in [5.41, 5.74) is -0.119. The molecule has 4 nitrogen and oxygen atoms in total. The van der Waals surface area contributed by atoms with Crippen LogP contribution < -0.4 is 4.74 Å². The lowest BCUT2D eigenvalue weighted by Crippen LogP contribution is -2.12. The van der Waals surface area contributed by atoms with Crippen molar-refractivity contribution in [2.24, 2.45) is 0 Å². The van der Waals surface area contributed by atoms with Crippen LogP contribution in [0.25, 0.3) is 11.4 Å². The van der Waals surface area contributed by atoms with Gasteiger partial charge in [0.2, 0.25) is 5.88 Å². The van der Waals surface area contributed by atoms with E-state index in [4.69, 9.17) is 4.74 Å². The third-order valence-corrected chi connectivity index (χ3v) is 3.98. The fourth-order valence-corrected chi connectivity index (χ4v) is 2.59. The summed E-state index contributed by atoms with van der Waals surface area (Å²) < 4.78 is 81.6. The molecule has 0 radical (unpaired) electrons. The van der Waals surface area contributed by atoms with Crippen molar-refractivity contribution in [1.29, 1.82) is 0 Å². The molecule has 0 aliphatic heterocycles. The standard InChI is InChI=1S/C20H15F6N3O/c1-2-14-10-17(30-16-7-8-27-15(9-16)11-19(21,22)23)29-18(28-14)12-3-5-13(6-4-12)20(24,25)26/h3-10H,2,11H2,1H3. The highest BCUT2D eigenvalue weighted by atomic mass is 19.4. The fraction of sp³-hybridized carbons (Fsp3) is 0.250. The second-order valence-electron chi connectivity index (χ2n) is 6.33. The van der Waals surface area contributed by atoms with Crippen LogP contribution in [-0.2, 0) is 19.0 Å². The zero-order valence-electron chi connectivity index (χ0n) is 15.6. The first-order valence-corrected chi connectivity index (χ1v) is 8.78. The molecular weight excluding hydrogens is 412 g/mol. The number of aromatic nitrogens is 3. The van der Waals surface area contributed by atoms with Gasteiger partial charge >= 0.3 is 12.4 Å². The predicted molar refractivity (Wildman–Crippen MR) is 95.9 cm³/mol. The van der Waals surface area contributed by atoms with E-state index in [9.17, 15) is 26.3 Å². The number of ether oxygens (including phenoxy) is 1. The Balaban J connectivity index is 1.89. The van der Waals surface area contributed by atoms with Crippen LogP contribution in [0.15, 0.2) is 48.7 Å². The van der Waals surface area contributed by atoms with Gasteiger partial charge in [0.15, 0.2) is 5.82 Å². The third kappa shape index (κ3) is 5.68. The maximum atomic E-state index is 12.8. The smallest absolute Gasteiger partial charge is 0.416 e. The van der Waals surface area contributed by atoms with Crippen LogP contribution in [0.4, 0.5) is 26.3 Å². The third-order valence-electron chi connectivity index (χ3n) is 3.98. The normalized spacial score (nSPS) is 12.1. The van der Waals surface area contributed by atoms with E-state index in [2.05, 4.69) is 15.0 Å². The summed E-state index contributed by atoms with van der Waals surface area (Å²) >= 11 is 0. The molecule has 0 saturated heterocycles. The van der Waals surface area contributed by atoms with Gasteiger partial charge in [-0.2, -0.15) is 31.3 Å². The summed E-state index contributed by atoms with van der Waals surface area (Å²) in [6, 6.07) is 8.38. The first kappa shape index (κ1) is 21.5. The lowest BCUT2D eigenvalue weighted by atomic mass is 10.1. The molecule has 10 heteroatoms. The first-order valence-electron chi connectivity index (χ1n) is 8.78. The van der Waals surface area contributed by atoms with E-state index in [1.54, 1.807) is 0 Å². The molecule has 0 N–H and O–H groups in total. The van der Waals surface area contributed by atoms with Crippen molar-refractivity contribution in [2.45, 2.75) is 32.1 Å². The first-order chi connectivity index (χ1) is 14.0. The van der Waals surface area contributed by atoms with Gasteiger partial charge in [-0.05, 0) is 24.6 Å². The number of nitrogens with zero attached hydrogens (tertiary/aromatic N) is 3. The molecule has 2 heterocycles. The van der Waals surface area contributed by atoms with E-state index in [1.165, 1.54) is 30.5 Å². The molecular formula is C20H15F6N3O. The molecule has 2 aromatic heterocycles. The highest BCUT2D eigenvalue weighted by molar-refractivity contribution is 5.56.